The first-order valence-electron chi connectivity index (χ1n) is 6.64. The van der Waals surface area contributed by atoms with Crippen LogP contribution in [0.3, 0.4) is 0 Å². The van der Waals surface area contributed by atoms with E-state index in [1.165, 1.54) is 16.0 Å². The minimum absolute atomic E-state index is 0.00171. The summed E-state index contributed by atoms with van der Waals surface area (Å²) in [5.41, 5.74) is 6.61. The number of nitrogens with two attached hydrogens (primary N) is 1. The van der Waals surface area contributed by atoms with Gasteiger partial charge in [-0.15, -0.1) is 34.9 Å². The summed E-state index contributed by atoms with van der Waals surface area (Å²) in [5, 5.41) is 3.66. The SMILES string of the molecule is CCSc1ccc(NC(=O)[C@@H](C)Sc2ccccc2N)s1. The molecule has 6 heteroatoms. The van der Waals surface area contributed by atoms with Crippen LogP contribution < -0.4 is 11.1 Å². The van der Waals surface area contributed by atoms with E-state index < -0.39 is 0 Å². The Kier molecular flexibility index (Phi) is 6.02. The van der Waals surface area contributed by atoms with Gasteiger partial charge < -0.3 is 11.1 Å². The molecule has 0 saturated carbocycles. The van der Waals surface area contributed by atoms with E-state index in [0.717, 1.165) is 15.6 Å². The molecule has 0 saturated heterocycles. The maximum Gasteiger partial charge on any atom is 0.238 e. The molecule has 2 aromatic rings. The zero-order chi connectivity index (χ0) is 15.2. The summed E-state index contributed by atoms with van der Waals surface area (Å²) in [5.74, 6) is 1.03. The lowest BCUT2D eigenvalue weighted by molar-refractivity contribution is -0.115. The minimum Gasteiger partial charge on any atom is -0.398 e. The number of thiophene rings is 1. The monoisotopic (exact) mass is 338 g/mol. The molecule has 21 heavy (non-hydrogen) atoms. The van der Waals surface area contributed by atoms with Gasteiger partial charge in [0.2, 0.25) is 5.91 Å². The normalized spacial score (nSPS) is 12.1. The number of carbonyl (C=O) groups excluding carboxylic acids is 1. The molecule has 3 nitrogen and oxygen atoms in total. The zero-order valence-corrected chi connectivity index (χ0v) is 14.4. The van der Waals surface area contributed by atoms with Crippen molar-refractivity contribution in [2.75, 3.05) is 16.8 Å². The number of benzene rings is 1. The zero-order valence-electron chi connectivity index (χ0n) is 12.0. The summed E-state index contributed by atoms with van der Waals surface area (Å²) in [4.78, 5) is 13.2. The van der Waals surface area contributed by atoms with Gasteiger partial charge in [-0.05, 0) is 36.9 Å². The topological polar surface area (TPSA) is 55.1 Å². The molecular formula is C15H18N2OS3. The summed E-state index contributed by atoms with van der Waals surface area (Å²) in [7, 11) is 0. The van der Waals surface area contributed by atoms with Crippen molar-refractivity contribution < 1.29 is 4.79 Å². The standard InChI is InChI=1S/C15H18N2OS3/c1-3-19-14-9-8-13(21-14)17-15(18)10(2)20-12-7-5-4-6-11(12)16/h4-10H,3,16H2,1-2H3,(H,17,18)/t10-/m1/s1. The number of carbonyl (C=O) groups is 1. The van der Waals surface area contributed by atoms with Crippen molar-refractivity contribution in [3.05, 3.63) is 36.4 Å². The molecule has 0 aliphatic heterocycles. The third-order valence-electron chi connectivity index (χ3n) is 2.71. The third kappa shape index (κ3) is 4.69. The molecule has 1 atom stereocenters. The highest BCUT2D eigenvalue weighted by molar-refractivity contribution is 8.01. The summed E-state index contributed by atoms with van der Waals surface area (Å²) < 4.78 is 1.22. The molecule has 1 heterocycles. The Labute approximate surface area is 137 Å². The van der Waals surface area contributed by atoms with Gasteiger partial charge in [0.15, 0.2) is 0 Å². The molecule has 0 radical (unpaired) electrons. The van der Waals surface area contributed by atoms with E-state index in [4.69, 9.17) is 5.73 Å². The lowest BCUT2D eigenvalue weighted by Gasteiger charge is -2.12. The summed E-state index contributed by atoms with van der Waals surface area (Å²) >= 11 is 4.87. The molecule has 3 N–H and O–H groups in total. The second-order valence-corrected chi connectivity index (χ2v) is 8.37. The van der Waals surface area contributed by atoms with E-state index in [9.17, 15) is 4.79 Å². The lowest BCUT2D eigenvalue weighted by atomic mass is 10.3. The van der Waals surface area contributed by atoms with Gasteiger partial charge in [0, 0.05) is 10.6 Å². The van der Waals surface area contributed by atoms with Crippen molar-refractivity contribution >= 4 is 51.5 Å². The van der Waals surface area contributed by atoms with E-state index in [2.05, 4.69) is 12.2 Å². The highest BCUT2D eigenvalue weighted by Crippen LogP contribution is 2.32. The van der Waals surface area contributed by atoms with Gasteiger partial charge in [0.25, 0.3) is 0 Å². The summed E-state index contributed by atoms with van der Waals surface area (Å²) in [6.45, 7) is 4.01. The first kappa shape index (κ1) is 16.3. The Balaban J connectivity index is 1.94. The first-order chi connectivity index (χ1) is 10.1. The smallest absolute Gasteiger partial charge is 0.238 e. The number of thioether (sulfide) groups is 2. The van der Waals surface area contributed by atoms with Crippen molar-refractivity contribution in [1.82, 2.24) is 0 Å². The van der Waals surface area contributed by atoms with E-state index >= 15 is 0 Å². The fraction of sp³-hybridized carbons (Fsp3) is 0.267. The number of nitrogens with one attached hydrogen (secondary N) is 1. The molecule has 0 unspecified atom stereocenters. The Bertz CT molecular complexity index is 612. The minimum atomic E-state index is -0.195. The van der Waals surface area contributed by atoms with Crippen LogP contribution in [-0.2, 0) is 4.79 Å². The highest BCUT2D eigenvalue weighted by Gasteiger charge is 2.16. The molecule has 0 spiro atoms. The van der Waals surface area contributed by atoms with E-state index in [1.807, 2.05) is 43.3 Å². The molecule has 1 aromatic carbocycles. The van der Waals surface area contributed by atoms with Crippen molar-refractivity contribution in [1.29, 1.82) is 0 Å². The Morgan fingerprint density at radius 2 is 2.10 bits per heavy atom. The molecule has 1 aromatic heterocycles. The van der Waals surface area contributed by atoms with Crippen molar-refractivity contribution in [2.24, 2.45) is 0 Å². The number of hydrogen-bond acceptors (Lipinski definition) is 5. The Morgan fingerprint density at radius 3 is 2.81 bits per heavy atom. The van der Waals surface area contributed by atoms with E-state index in [-0.39, 0.29) is 11.2 Å². The van der Waals surface area contributed by atoms with Gasteiger partial charge in [-0.1, -0.05) is 19.1 Å². The molecule has 0 aliphatic carbocycles. The highest BCUT2D eigenvalue weighted by atomic mass is 32.2. The third-order valence-corrected chi connectivity index (χ3v) is 6.01. The molecule has 0 fully saturated rings. The van der Waals surface area contributed by atoms with Gasteiger partial charge in [-0.2, -0.15) is 0 Å². The van der Waals surface area contributed by atoms with Crippen LogP contribution in [0.5, 0.6) is 0 Å². The fourth-order valence-corrected chi connectivity index (χ4v) is 4.52. The number of rotatable bonds is 6. The van der Waals surface area contributed by atoms with Gasteiger partial charge in [0.1, 0.15) is 0 Å². The Hall–Kier alpha value is -1.11. The average Bonchev–Trinajstić information content (AvgIpc) is 2.89. The molecule has 0 bridgehead atoms. The largest absolute Gasteiger partial charge is 0.398 e. The number of amides is 1. The van der Waals surface area contributed by atoms with Crippen molar-refractivity contribution in [3.63, 3.8) is 0 Å². The van der Waals surface area contributed by atoms with Crippen LogP contribution in [0.4, 0.5) is 10.7 Å². The van der Waals surface area contributed by atoms with Gasteiger partial charge in [0.05, 0.1) is 14.5 Å². The predicted octanol–water partition coefficient (Wildman–Crippen LogP) is 4.56. The second kappa shape index (κ2) is 7.77. The summed E-state index contributed by atoms with van der Waals surface area (Å²) in [6.07, 6.45) is 0. The van der Waals surface area contributed by atoms with Crippen LogP contribution in [0.25, 0.3) is 0 Å². The average molecular weight is 339 g/mol. The molecular weight excluding hydrogens is 320 g/mol. The number of para-hydroxylation sites is 1. The first-order valence-corrected chi connectivity index (χ1v) is 9.33. The number of hydrogen-bond donors (Lipinski definition) is 2. The van der Waals surface area contributed by atoms with E-state index in [1.54, 1.807) is 23.1 Å². The van der Waals surface area contributed by atoms with Crippen LogP contribution in [0.1, 0.15) is 13.8 Å². The van der Waals surface area contributed by atoms with Crippen LogP contribution >= 0.6 is 34.9 Å². The lowest BCUT2D eigenvalue weighted by Crippen LogP contribution is -2.21. The predicted molar refractivity (Wildman–Crippen MR) is 95.5 cm³/mol. The quantitative estimate of drug-likeness (QED) is 0.599. The van der Waals surface area contributed by atoms with Crippen LogP contribution in [0, 0.1) is 0 Å². The number of nitrogen functional groups attached to an aromatic ring is 1. The van der Waals surface area contributed by atoms with Gasteiger partial charge in [-0.25, -0.2) is 0 Å². The molecule has 112 valence electrons. The van der Waals surface area contributed by atoms with Gasteiger partial charge in [-0.3, -0.25) is 4.79 Å². The molecule has 0 aliphatic rings. The number of anilines is 2. The van der Waals surface area contributed by atoms with Crippen LogP contribution in [0.2, 0.25) is 0 Å². The van der Waals surface area contributed by atoms with E-state index in [0.29, 0.717) is 5.69 Å². The maximum atomic E-state index is 12.2. The van der Waals surface area contributed by atoms with Crippen LogP contribution in [0.15, 0.2) is 45.5 Å². The molecule has 2 rings (SSSR count). The second-order valence-electron chi connectivity index (χ2n) is 4.34. The van der Waals surface area contributed by atoms with Gasteiger partial charge >= 0.3 is 0 Å². The summed E-state index contributed by atoms with van der Waals surface area (Å²) in [6, 6.07) is 11.6. The van der Waals surface area contributed by atoms with Crippen molar-refractivity contribution in [2.45, 2.75) is 28.2 Å². The fourth-order valence-electron chi connectivity index (χ4n) is 1.66. The van der Waals surface area contributed by atoms with Crippen LogP contribution in [-0.4, -0.2) is 16.9 Å². The van der Waals surface area contributed by atoms with Crippen molar-refractivity contribution in [3.8, 4) is 0 Å². The maximum absolute atomic E-state index is 12.2. The molecule has 1 amide bonds. The Morgan fingerprint density at radius 1 is 1.33 bits per heavy atom.